The van der Waals surface area contributed by atoms with Gasteiger partial charge in [-0.2, -0.15) is 0 Å². The third kappa shape index (κ3) is 66.3. The average Bonchev–Trinajstić information content (AvgIpc) is 3.00. The lowest BCUT2D eigenvalue weighted by Crippen LogP contribution is -1.99. The fourth-order valence-electron chi connectivity index (χ4n) is 3.62. The predicted octanol–water partition coefficient (Wildman–Crippen LogP) is 9.44. The summed E-state index contributed by atoms with van der Waals surface area (Å²) < 4.78 is 8.88. The van der Waals surface area contributed by atoms with Crippen LogP contribution in [0.25, 0.3) is 0 Å². The van der Waals surface area contributed by atoms with Gasteiger partial charge < -0.3 is 24.5 Å². The van der Waals surface area contributed by atoms with Crippen LogP contribution in [0.1, 0.15) is 156 Å². The number of phosphoric acid groups is 1. The summed E-state index contributed by atoms with van der Waals surface area (Å²) >= 11 is 0. The van der Waals surface area contributed by atoms with Gasteiger partial charge in [-0.05, 0) is 48.9 Å². The van der Waals surface area contributed by atoms with Crippen molar-refractivity contribution in [1.29, 1.82) is 0 Å². The normalized spacial score (nSPS) is 11.4. The zero-order valence-corrected chi connectivity index (χ0v) is 29.0. The molecule has 0 unspecified atom stereocenters. The van der Waals surface area contributed by atoms with Gasteiger partial charge in [0, 0.05) is 20.2 Å². The summed E-state index contributed by atoms with van der Waals surface area (Å²) in [4.78, 5) is 39.8. The minimum atomic E-state index is -4.64. The van der Waals surface area contributed by atoms with Crippen molar-refractivity contribution in [1.82, 2.24) is 0 Å². The molecule has 0 fully saturated rings. The Balaban J connectivity index is -0.000000680. The molecule has 0 aromatic carbocycles. The van der Waals surface area contributed by atoms with E-state index in [1.165, 1.54) is 115 Å². The highest BCUT2D eigenvalue weighted by Gasteiger charge is 2.00. The molecule has 0 aliphatic carbocycles. The number of hydrogen-bond acceptors (Lipinski definition) is 11. The molecule has 0 aromatic rings. The molecule has 0 saturated heterocycles. The van der Waals surface area contributed by atoms with Crippen LogP contribution in [-0.4, -0.2) is 27.9 Å². The molecule has 0 heterocycles. The number of unbranched alkanes of at least 4 members (excludes halogenated alkanes) is 18. The first-order chi connectivity index (χ1) is 21.8. The Labute approximate surface area is 270 Å². The fourth-order valence-corrected chi connectivity index (χ4v) is 3.62. The molecular formula is C30H63O14P. The lowest BCUT2D eigenvalue weighted by molar-refractivity contribution is -0.700. The second kappa shape index (κ2) is 45.0. The molecule has 0 aromatic heterocycles. The number of hydrogen-bond donors (Lipinski definition) is 3. The Morgan fingerprint density at radius 2 is 0.711 bits per heavy atom. The maximum Gasteiger partial charge on any atom is 0.466 e. The van der Waals surface area contributed by atoms with Gasteiger partial charge in [0.1, 0.15) is 12.5 Å². The van der Waals surface area contributed by atoms with E-state index < -0.39 is 7.82 Å². The van der Waals surface area contributed by atoms with Gasteiger partial charge in [0.05, 0.1) is 13.2 Å². The molecule has 15 heteroatoms. The quantitative estimate of drug-likeness (QED) is 0.0202. The summed E-state index contributed by atoms with van der Waals surface area (Å²) in [5.41, 5.74) is 0. The summed E-state index contributed by atoms with van der Waals surface area (Å²) in [6, 6.07) is 0. The smallest absolute Gasteiger partial charge is 0.314 e. The van der Waals surface area contributed by atoms with Gasteiger partial charge in [-0.15, -0.1) is 0 Å². The third-order valence-electron chi connectivity index (χ3n) is 5.83. The molecule has 0 rings (SSSR count). The van der Waals surface area contributed by atoms with Crippen LogP contribution in [0.3, 0.4) is 0 Å². The standard InChI is InChI=1S/2C15H30O5.H3O4P/c2*1-3-5-6-7-8-9-10-11-12-13-15-17-19-20-18-16-14-4-2;1-5(2,3)4/h2*4,14H,3,5-13,15H2,1-2H3;(H3,1,2,3,4). The molecule has 0 saturated carbocycles. The first kappa shape index (κ1) is 48.3. The zero-order chi connectivity index (χ0) is 34.0. The molecule has 0 bridgehead atoms. The van der Waals surface area contributed by atoms with E-state index in [-0.39, 0.29) is 0 Å². The van der Waals surface area contributed by atoms with Gasteiger partial charge in [-0.1, -0.05) is 129 Å². The molecule has 0 spiro atoms. The van der Waals surface area contributed by atoms with Gasteiger partial charge in [-0.3, -0.25) is 0 Å². The fraction of sp³-hybridized carbons (Fsp3) is 0.867. The van der Waals surface area contributed by atoms with Crippen LogP contribution in [0.4, 0.5) is 0 Å². The van der Waals surface area contributed by atoms with Crippen LogP contribution in [0.2, 0.25) is 0 Å². The van der Waals surface area contributed by atoms with Gasteiger partial charge in [0.2, 0.25) is 0 Å². The Morgan fingerprint density at radius 3 is 0.978 bits per heavy atom. The molecular weight excluding hydrogens is 615 g/mol. The summed E-state index contributed by atoms with van der Waals surface area (Å²) in [6.45, 7) is 9.04. The van der Waals surface area contributed by atoms with E-state index in [9.17, 15) is 0 Å². The van der Waals surface area contributed by atoms with Gasteiger partial charge in [-0.25, -0.2) is 14.3 Å². The molecule has 0 radical (unpaired) electrons. The molecule has 0 aliphatic rings. The van der Waals surface area contributed by atoms with E-state index in [0.29, 0.717) is 13.2 Å². The summed E-state index contributed by atoms with van der Waals surface area (Å²) in [6.07, 6.45) is 31.6. The van der Waals surface area contributed by atoms with Crippen molar-refractivity contribution in [3.05, 3.63) is 24.7 Å². The van der Waals surface area contributed by atoms with E-state index in [1.807, 2.05) is 0 Å². The minimum Gasteiger partial charge on any atom is -0.314 e. The number of allylic oxidation sites excluding steroid dienone is 2. The molecule has 0 amide bonds. The second-order valence-corrected chi connectivity index (χ2v) is 11.1. The SMILES string of the molecule is CC=COOOOOCCCCCCCCCCCC.CC=COOOOOCCCCCCCCCCCC.O=P(O)(O)O. The topological polar surface area (TPSA) is 170 Å². The van der Waals surface area contributed by atoms with Crippen LogP contribution in [0.5, 0.6) is 0 Å². The lowest BCUT2D eigenvalue weighted by atomic mass is 10.1. The van der Waals surface area contributed by atoms with Crippen LogP contribution < -0.4 is 0 Å². The van der Waals surface area contributed by atoms with Crippen molar-refractivity contribution in [3.63, 3.8) is 0 Å². The predicted molar refractivity (Wildman–Crippen MR) is 168 cm³/mol. The monoisotopic (exact) mass is 678 g/mol. The van der Waals surface area contributed by atoms with Crippen LogP contribution >= 0.6 is 7.82 Å². The van der Waals surface area contributed by atoms with E-state index in [0.717, 1.165) is 25.7 Å². The Kier molecular flexibility index (Phi) is 48.3. The Morgan fingerprint density at radius 1 is 0.444 bits per heavy atom. The lowest BCUT2D eigenvalue weighted by Gasteiger charge is -2.02. The summed E-state index contributed by atoms with van der Waals surface area (Å²) in [5.74, 6) is 0. The molecule has 45 heavy (non-hydrogen) atoms. The first-order valence-electron chi connectivity index (χ1n) is 16.4. The number of rotatable bonds is 32. The maximum absolute atomic E-state index is 8.88. The van der Waals surface area contributed by atoms with E-state index in [4.69, 9.17) is 29.0 Å². The van der Waals surface area contributed by atoms with Crippen LogP contribution in [-0.2, 0) is 54.3 Å². The van der Waals surface area contributed by atoms with Crippen molar-refractivity contribution in [3.8, 4) is 0 Å². The second-order valence-electron chi connectivity index (χ2n) is 10.1. The Hall–Kier alpha value is -1.13. The summed E-state index contributed by atoms with van der Waals surface area (Å²) in [5, 5.41) is 25.1. The van der Waals surface area contributed by atoms with Crippen molar-refractivity contribution in [2.75, 3.05) is 13.2 Å². The average molecular weight is 679 g/mol. The van der Waals surface area contributed by atoms with Gasteiger partial charge in [0.25, 0.3) is 0 Å². The minimum absolute atomic E-state index is 0.490. The molecule has 0 atom stereocenters. The van der Waals surface area contributed by atoms with Crippen LogP contribution in [0.15, 0.2) is 24.7 Å². The first-order valence-corrected chi connectivity index (χ1v) is 18.0. The molecule has 14 nitrogen and oxygen atoms in total. The van der Waals surface area contributed by atoms with Gasteiger partial charge >= 0.3 is 7.82 Å². The van der Waals surface area contributed by atoms with E-state index in [2.05, 4.69) is 53.9 Å². The van der Waals surface area contributed by atoms with Crippen molar-refractivity contribution in [2.45, 2.75) is 156 Å². The molecule has 272 valence electrons. The molecule has 3 N–H and O–H groups in total. The third-order valence-corrected chi connectivity index (χ3v) is 5.83. The maximum atomic E-state index is 8.88. The van der Waals surface area contributed by atoms with Crippen molar-refractivity contribution >= 4 is 7.82 Å². The molecule has 0 aliphatic heterocycles. The zero-order valence-electron chi connectivity index (χ0n) is 28.1. The summed E-state index contributed by atoms with van der Waals surface area (Å²) in [7, 11) is -4.64. The highest BCUT2D eigenvalue weighted by Crippen LogP contribution is 2.25. The van der Waals surface area contributed by atoms with Crippen LogP contribution in [0, 0.1) is 0 Å². The van der Waals surface area contributed by atoms with E-state index >= 15 is 0 Å². The van der Waals surface area contributed by atoms with Crippen molar-refractivity contribution in [2.24, 2.45) is 0 Å². The van der Waals surface area contributed by atoms with Crippen molar-refractivity contribution < 1.29 is 69.0 Å². The van der Waals surface area contributed by atoms with E-state index in [1.54, 1.807) is 26.0 Å². The highest BCUT2D eigenvalue weighted by atomic mass is 31.2. The largest absolute Gasteiger partial charge is 0.466 e. The van der Waals surface area contributed by atoms with Gasteiger partial charge in [0.15, 0.2) is 0 Å². The Bertz CT molecular complexity index is 569. The highest BCUT2D eigenvalue weighted by molar-refractivity contribution is 7.45.